The zero-order chi connectivity index (χ0) is 21.0. The van der Waals surface area contributed by atoms with Crippen molar-refractivity contribution in [1.82, 2.24) is 15.2 Å². The van der Waals surface area contributed by atoms with E-state index in [9.17, 15) is 4.79 Å². The van der Waals surface area contributed by atoms with E-state index in [4.69, 9.17) is 9.72 Å². The lowest BCUT2D eigenvalue weighted by Crippen LogP contribution is -2.44. The van der Waals surface area contributed by atoms with Gasteiger partial charge in [-0.3, -0.25) is 9.69 Å². The lowest BCUT2D eigenvalue weighted by atomic mass is 10.1. The Morgan fingerprint density at radius 1 is 1.10 bits per heavy atom. The SMILES string of the molecule is O=C(NC1CC1)c1cc(NCC2CN(Cc3ccccc3)CCO2)nc2ccccc12. The van der Waals surface area contributed by atoms with Crippen LogP contribution in [0.25, 0.3) is 10.9 Å². The van der Waals surface area contributed by atoms with Crippen LogP contribution in [0, 0.1) is 0 Å². The van der Waals surface area contributed by atoms with Crippen LogP contribution in [0.4, 0.5) is 5.82 Å². The standard InChI is InChI=1S/C25H28N4O2/c30-25(27-19-10-11-19)22-14-24(28-23-9-5-4-8-21(22)23)26-15-20-17-29(12-13-31-20)16-18-6-2-1-3-7-18/h1-9,14,19-20H,10-13,15-17H2,(H,26,28)(H,27,30). The van der Waals surface area contributed by atoms with Gasteiger partial charge in [0.25, 0.3) is 5.91 Å². The molecule has 2 N–H and O–H groups in total. The average Bonchev–Trinajstić information content (AvgIpc) is 3.62. The molecular weight excluding hydrogens is 388 g/mol. The minimum atomic E-state index is -0.0212. The number of aromatic nitrogens is 1. The van der Waals surface area contributed by atoms with Crippen molar-refractivity contribution in [2.45, 2.75) is 31.5 Å². The highest BCUT2D eigenvalue weighted by Gasteiger charge is 2.25. The Hall–Kier alpha value is -2.96. The lowest BCUT2D eigenvalue weighted by Gasteiger charge is -2.33. The highest BCUT2D eigenvalue weighted by atomic mass is 16.5. The monoisotopic (exact) mass is 416 g/mol. The number of morpholine rings is 1. The number of anilines is 1. The Morgan fingerprint density at radius 3 is 2.74 bits per heavy atom. The number of pyridine rings is 1. The number of hydrogen-bond acceptors (Lipinski definition) is 5. The molecule has 0 bridgehead atoms. The first kappa shape index (κ1) is 20.0. The van der Waals surface area contributed by atoms with Gasteiger partial charge in [-0.1, -0.05) is 48.5 Å². The van der Waals surface area contributed by atoms with Gasteiger partial charge in [0.15, 0.2) is 0 Å². The van der Waals surface area contributed by atoms with Crippen LogP contribution in [-0.4, -0.2) is 54.2 Å². The van der Waals surface area contributed by atoms with Crippen LogP contribution in [0.15, 0.2) is 60.7 Å². The molecule has 1 saturated carbocycles. The summed E-state index contributed by atoms with van der Waals surface area (Å²) in [4.78, 5) is 19.9. The Morgan fingerprint density at radius 2 is 1.90 bits per heavy atom. The van der Waals surface area contributed by atoms with Crippen LogP contribution >= 0.6 is 0 Å². The molecule has 6 nitrogen and oxygen atoms in total. The molecule has 1 aliphatic carbocycles. The van der Waals surface area contributed by atoms with E-state index in [0.29, 0.717) is 24.0 Å². The van der Waals surface area contributed by atoms with E-state index >= 15 is 0 Å². The summed E-state index contributed by atoms with van der Waals surface area (Å²) in [5.41, 5.74) is 2.82. The summed E-state index contributed by atoms with van der Waals surface area (Å²) in [6.45, 7) is 4.11. The number of rotatable bonds is 7. The number of nitrogens with zero attached hydrogens (tertiary/aromatic N) is 2. The van der Waals surface area contributed by atoms with E-state index in [1.54, 1.807) is 0 Å². The number of carbonyl (C=O) groups is 1. The smallest absolute Gasteiger partial charge is 0.252 e. The Kier molecular flexibility index (Phi) is 5.82. The second kappa shape index (κ2) is 9.04. The molecule has 5 rings (SSSR count). The minimum absolute atomic E-state index is 0.0212. The number of ether oxygens (including phenoxy) is 1. The summed E-state index contributed by atoms with van der Waals surface area (Å²) in [5, 5.41) is 7.39. The van der Waals surface area contributed by atoms with Gasteiger partial charge in [0.1, 0.15) is 5.82 Å². The molecule has 2 aromatic carbocycles. The molecule has 1 saturated heterocycles. The van der Waals surface area contributed by atoms with E-state index in [2.05, 4.69) is 39.8 Å². The molecule has 0 radical (unpaired) electrons. The molecule has 1 unspecified atom stereocenters. The van der Waals surface area contributed by atoms with E-state index in [1.807, 2.05) is 36.4 Å². The van der Waals surface area contributed by atoms with Crippen LogP contribution < -0.4 is 10.6 Å². The van der Waals surface area contributed by atoms with E-state index in [0.717, 1.165) is 50.0 Å². The molecule has 2 heterocycles. The predicted octanol–water partition coefficient (Wildman–Crippen LogP) is 3.44. The molecule has 31 heavy (non-hydrogen) atoms. The first-order valence-corrected chi connectivity index (χ1v) is 11.1. The number of fused-ring (bicyclic) bond motifs is 1. The zero-order valence-electron chi connectivity index (χ0n) is 17.6. The number of carbonyl (C=O) groups excluding carboxylic acids is 1. The molecule has 160 valence electrons. The third-order valence-electron chi connectivity index (χ3n) is 5.86. The largest absolute Gasteiger partial charge is 0.374 e. The number of amides is 1. The second-order valence-electron chi connectivity index (χ2n) is 8.41. The van der Waals surface area contributed by atoms with Crippen molar-refractivity contribution >= 4 is 22.6 Å². The molecule has 1 aliphatic heterocycles. The molecule has 1 aromatic heterocycles. The van der Waals surface area contributed by atoms with Crippen molar-refractivity contribution in [1.29, 1.82) is 0 Å². The van der Waals surface area contributed by atoms with Gasteiger partial charge in [-0.25, -0.2) is 4.98 Å². The Labute approximate surface area is 182 Å². The van der Waals surface area contributed by atoms with Gasteiger partial charge in [0.2, 0.25) is 0 Å². The summed E-state index contributed by atoms with van der Waals surface area (Å²) in [6, 6.07) is 20.5. The van der Waals surface area contributed by atoms with Gasteiger partial charge in [-0.2, -0.15) is 0 Å². The van der Waals surface area contributed by atoms with Gasteiger partial charge < -0.3 is 15.4 Å². The third kappa shape index (κ3) is 5.03. The summed E-state index contributed by atoms with van der Waals surface area (Å²) >= 11 is 0. The quantitative estimate of drug-likeness (QED) is 0.618. The highest BCUT2D eigenvalue weighted by molar-refractivity contribution is 6.07. The van der Waals surface area contributed by atoms with Crippen LogP contribution in [0.1, 0.15) is 28.8 Å². The number of benzene rings is 2. The van der Waals surface area contributed by atoms with Crippen LogP contribution in [0.5, 0.6) is 0 Å². The molecule has 3 aromatic rings. The predicted molar refractivity (Wildman–Crippen MR) is 122 cm³/mol. The first-order chi connectivity index (χ1) is 15.2. The third-order valence-corrected chi connectivity index (χ3v) is 5.86. The van der Waals surface area contributed by atoms with Gasteiger partial charge in [-0.05, 0) is 30.5 Å². The molecule has 6 heteroatoms. The Balaban J connectivity index is 1.26. The lowest BCUT2D eigenvalue weighted by molar-refractivity contribution is -0.0240. The fourth-order valence-electron chi connectivity index (χ4n) is 4.05. The van der Waals surface area contributed by atoms with Crippen LogP contribution in [0.3, 0.4) is 0 Å². The highest BCUT2D eigenvalue weighted by Crippen LogP contribution is 2.24. The molecule has 1 atom stereocenters. The average molecular weight is 417 g/mol. The Bertz CT molecular complexity index is 1050. The molecule has 0 spiro atoms. The molecular formula is C25H28N4O2. The van der Waals surface area contributed by atoms with Crippen molar-refractivity contribution in [3.63, 3.8) is 0 Å². The number of para-hydroxylation sites is 1. The van der Waals surface area contributed by atoms with Gasteiger partial charge in [0, 0.05) is 37.6 Å². The normalized spacial score (nSPS) is 19.3. The maximum absolute atomic E-state index is 12.8. The van der Waals surface area contributed by atoms with Crippen molar-refractivity contribution in [2.24, 2.45) is 0 Å². The van der Waals surface area contributed by atoms with Crippen LogP contribution in [0.2, 0.25) is 0 Å². The number of hydrogen-bond donors (Lipinski definition) is 2. The minimum Gasteiger partial charge on any atom is -0.374 e. The van der Waals surface area contributed by atoms with Crippen molar-refractivity contribution in [3.8, 4) is 0 Å². The summed E-state index contributed by atoms with van der Waals surface area (Å²) in [6.07, 6.45) is 2.21. The first-order valence-electron chi connectivity index (χ1n) is 11.1. The van der Waals surface area contributed by atoms with Gasteiger partial charge in [0.05, 0.1) is 23.8 Å². The summed E-state index contributed by atoms with van der Waals surface area (Å²) < 4.78 is 5.98. The summed E-state index contributed by atoms with van der Waals surface area (Å²) in [5.74, 6) is 0.690. The van der Waals surface area contributed by atoms with Gasteiger partial charge in [-0.15, -0.1) is 0 Å². The number of nitrogens with one attached hydrogen (secondary N) is 2. The van der Waals surface area contributed by atoms with Crippen molar-refractivity contribution in [3.05, 3.63) is 71.8 Å². The fourth-order valence-corrected chi connectivity index (χ4v) is 4.05. The van der Waals surface area contributed by atoms with E-state index in [-0.39, 0.29) is 12.0 Å². The molecule has 2 aliphatic rings. The van der Waals surface area contributed by atoms with Crippen molar-refractivity contribution < 1.29 is 9.53 Å². The van der Waals surface area contributed by atoms with Crippen LogP contribution in [-0.2, 0) is 11.3 Å². The van der Waals surface area contributed by atoms with Crippen molar-refractivity contribution in [2.75, 3.05) is 31.6 Å². The fraction of sp³-hybridized carbons (Fsp3) is 0.360. The van der Waals surface area contributed by atoms with Gasteiger partial charge >= 0.3 is 0 Å². The van der Waals surface area contributed by atoms with E-state index in [1.165, 1.54) is 5.56 Å². The zero-order valence-corrected chi connectivity index (χ0v) is 17.6. The summed E-state index contributed by atoms with van der Waals surface area (Å²) in [7, 11) is 0. The maximum atomic E-state index is 12.8. The van der Waals surface area contributed by atoms with E-state index < -0.39 is 0 Å². The second-order valence-corrected chi connectivity index (χ2v) is 8.41. The topological polar surface area (TPSA) is 66.5 Å². The molecule has 1 amide bonds. The molecule has 2 fully saturated rings. The maximum Gasteiger partial charge on any atom is 0.252 e.